The van der Waals surface area contributed by atoms with Gasteiger partial charge in [0.1, 0.15) is 6.61 Å². The summed E-state index contributed by atoms with van der Waals surface area (Å²) in [7, 11) is 1.64. The molecule has 0 radical (unpaired) electrons. The Morgan fingerprint density at radius 2 is 2.10 bits per heavy atom. The monoisotopic (exact) mass is 279 g/mol. The van der Waals surface area contributed by atoms with Crippen molar-refractivity contribution in [3.05, 3.63) is 23.8 Å². The number of methoxy groups -OCH3 is 1. The van der Waals surface area contributed by atoms with Gasteiger partial charge in [-0.3, -0.25) is 0 Å². The molecular formula is C16H25NO3. The minimum absolute atomic E-state index is 0.263. The molecule has 20 heavy (non-hydrogen) atoms. The fraction of sp³-hybridized carbons (Fsp3) is 0.625. The van der Waals surface area contributed by atoms with Gasteiger partial charge in [0.25, 0.3) is 0 Å². The zero-order chi connectivity index (χ0) is 14.6. The van der Waals surface area contributed by atoms with Gasteiger partial charge in [-0.05, 0) is 43.9 Å². The van der Waals surface area contributed by atoms with Crippen molar-refractivity contribution in [1.29, 1.82) is 0 Å². The maximum atomic E-state index is 9.98. The molecule has 1 aliphatic rings. The molecule has 1 saturated carbocycles. The maximum Gasteiger partial charge on any atom is 0.161 e. The Balaban J connectivity index is 1.97. The Kier molecular flexibility index (Phi) is 4.89. The first-order valence-corrected chi connectivity index (χ1v) is 7.29. The van der Waals surface area contributed by atoms with Crippen molar-refractivity contribution in [3.63, 3.8) is 0 Å². The molecule has 4 heteroatoms. The van der Waals surface area contributed by atoms with Gasteiger partial charge in [-0.15, -0.1) is 0 Å². The second-order valence-corrected chi connectivity index (χ2v) is 5.78. The summed E-state index contributed by atoms with van der Waals surface area (Å²) in [5.74, 6) is 1.39. The molecular weight excluding hydrogens is 254 g/mol. The van der Waals surface area contributed by atoms with Gasteiger partial charge in [0.15, 0.2) is 11.5 Å². The van der Waals surface area contributed by atoms with E-state index in [0.717, 1.165) is 6.54 Å². The fourth-order valence-corrected chi connectivity index (χ4v) is 1.83. The molecule has 0 saturated heterocycles. The number of aliphatic hydroxyl groups is 1. The molecule has 0 amide bonds. The van der Waals surface area contributed by atoms with Gasteiger partial charge in [-0.2, -0.15) is 0 Å². The molecule has 0 bridgehead atoms. The van der Waals surface area contributed by atoms with Crippen LogP contribution in [0.5, 0.6) is 11.5 Å². The van der Waals surface area contributed by atoms with Gasteiger partial charge in [0.05, 0.1) is 12.7 Å². The first-order valence-electron chi connectivity index (χ1n) is 7.29. The Bertz CT molecular complexity index is 441. The highest BCUT2D eigenvalue weighted by molar-refractivity contribution is 5.43. The Morgan fingerprint density at radius 1 is 1.35 bits per heavy atom. The van der Waals surface area contributed by atoms with Crippen molar-refractivity contribution in [2.45, 2.75) is 51.3 Å². The number of nitrogens with one attached hydrogen (secondary N) is 1. The summed E-state index contributed by atoms with van der Waals surface area (Å²) in [6.45, 7) is 4.83. The lowest BCUT2D eigenvalue weighted by atomic mass is 10.1. The normalized spacial score (nSPS) is 17.6. The third-order valence-electron chi connectivity index (χ3n) is 3.70. The number of ether oxygens (including phenoxy) is 2. The molecule has 1 aromatic rings. The number of hydrogen-bond donors (Lipinski definition) is 2. The summed E-state index contributed by atoms with van der Waals surface area (Å²) in [4.78, 5) is 0. The summed E-state index contributed by atoms with van der Waals surface area (Å²) in [5, 5.41) is 13.5. The minimum atomic E-state index is -0.808. The van der Waals surface area contributed by atoms with Crippen LogP contribution in [0.1, 0.15) is 38.7 Å². The topological polar surface area (TPSA) is 50.7 Å². The van der Waals surface area contributed by atoms with Crippen LogP contribution in [-0.4, -0.2) is 30.5 Å². The summed E-state index contributed by atoms with van der Waals surface area (Å²) in [6.07, 6.45) is 3.22. The SMILES string of the molecule is CCC(C)(O)COc1ccc(CNC2CC2)cc1OC. The predicted octanol–water partition coefficient (Wildman–Crippen LogP) is 2.49. The van der Waals surface area contributed by atoms with Gasteiger partial charge in [-0.1, -0.05) is 13.0 Å². The number of rotatable bonds is 8. The maximum absolute atomic E-state index is 9.98. The molecule has 2 rings (SSSR count). The second-order valence-electron chi connectivity index (χ2n) is 5.78. The van der Waals surface area contributed by atoms with E-state index in [1.165, 1.54) is 18.4 Å². The smallest absolute Gasteiger partial charge is 0.161 e. The Hall–Kier alpha value is -1.26. The lowest BCUT2D eigenvalue weighted by Crippen LogP contribution is -2.31. The van der Waals surface area contributed by atoms with Crippen LogP contribution in [0.3, 0.4) is 0 Å². The van der Waals surface area contributed by atoms with E-state index in [2.05, 4.69) is 5.32 Å². The van der Waals surface area contributed by atoms with Crippen molar-refractivity contribution >= 4 is 0 Å². The Labute approximate surface area is 121 Å². The molecule has 112 valence electrons. The van der Waals surface area contributed by atoms with Crippen LogP contribution < -0.4 is 14.8 Å². The first kappa shape index (κ1) is 15.1. The lowest BCUT2D eigenvalue weighted by molar-refractivity contribution is 0.00775. The lowest BCUT2D eigenvalue weighted by Gasteiger charge is -2.22. The molecule has 1 unspecified atom stereocenters. The van der Waals surface area contributed by atoms with Gasteiger partial charge < -0.3 is 19.9 Å². The van der Waals surface area contributed by atoms with Crippen LogP contribution in [0, 0.1) is 0 Å². The zero-order valence-electron chi connectivity index (χ0n) is 12.6. The van der Waals surface area contributed by atoms with E-state index in [9.17, 15) is 5.11 Å². The number of benzene rings is 1. The van der Waals surface area contributed by atoms with Crippen LogP contribution >= 0.6 is 0 Å². The molecule has 0 aliphatic heterocycles. The molecule has 1 fully saturated rings. The van der Waals surface area contributed by atoms with Crippen LogP contribution in [0.15, 0.2) is 18.2 Å². The van der Waals surface area contributed by atoms with Crippen molar-refractivity contribution in [2.75, 3.05) is 13.7 Å². The molecule has 0 heterocycles. The summed E-state index contributed by atoms with van der Waals surface area (Å²) in [5.41, 5.74) is 0.375. The predicted molar refractivity (Wildman–Crippen MR) is 79.3 cm³/mol. The highest BCUT2D eigenvalue weighted by atomic mass is 16.5. The molecule has 1 aliphatic carbocycles. The van der Waals surface area contributed by atoms with E-state index < -0.39 is 5.60 Å². The standard InChI is InChI=1S/C16H25NO3/c1-4-16(2,18)11-20-14-8-5-12(9-15(14)19-3)10-17-13-6-7-13/h5,8-9,13,17-18H,4,6-7,10-11H2,1-3H3. The van der Waals surface area contributed by atoms with Crippen molar-refractivity contribution in [1.82, 2.24) is 5.32 Å². The molecule has 4 nitrogen and oxygen atoms in total. The average molecular weight is 279 g/mol. The summed E-state index contributed by atoms with van der Waals surface area (Å²) in [6, 6.07) is 6.63. The van der Waals surface area contributed by atoms with Crippen LogP contribution in [0.4, 0.5) is 0 Å². The Morgan fingerprint density at radius 3 is 2.70 bits per heavy atom. The summed E-state index contributed by atoms with van der Waals surface area (Å²) < 4.78 is 11.1. The van der Waals surface area contributed by atoms with E-state index in [1.807, 2.05) is 25.1 Å². The third kappa shape index (κ3) is 4.39. The fourth-order valence-electron chi connectivity index (χ4n) is 1.83. The quantitative estimate of drug-likeness (QED) is 0.767. The number of hydrogen-bond acceptors (Lipinski definition) is 4. The average Bonchev–Trinajstić information content (AvgIpc) is 3.27. The van der Waals surface area contributed by atoms with E-state index in [4.69, 9.17) is 9.47 Å². The second kappa shape index (κ2) is 6.46. The van der Waals surface area contributed by atoms with Crippen molar-refractivity contribution < 1.29 is 14.6 Å². The molecule has 0 aromatic heterocycles. The highest BCUT2D eigenvalue weighted by Gasteiger charge is 2.21. The molecule has 1 atom stereocenters. The first-order chi connectivity index (χ1) is 9.54. The van der Waals surface area contributed by atoms with E-state index in [0.29, 0.717) is 24.0 Å². The van der Waals surface area contributed by atoms with Gasteiger partial charge >= 0.3 is 0 Å². The summed E-state index contributed by atoms with van der Waals surface area (Å²) >= 11 is 0. The molecule has 0 spiro atoms. The van der Waals surface area contributed by atoms with E-state index in [-0.39, 0.29) is 6.61 Å². The van der Waals surface area contributed by atoms with E-state index >= 15 is 0 Å². The van der Waals surface area contributed by atoms with Gasteiger partial charge in [0, 0.05) is 12.6 Å². The van der Waals surface area contributed by atoms with Gasteiger partial charge in [-0.25, -0.2) is 0 Å². The molecule has 1 aromatic carbocycles. The van der Waals surface area contributed by atoms with Crippen LogP contribution in [0.2, 0.25) is 0 Å². The van der Waals surface area contributed by atoms with Crippen LogP contribution in [0.25, 0.3) is 0 Å². The highest BCUT2D eigenvalue weighted by Crippen LogP contribution is 2.29. The van der Waals surface area contributed by atoms with Crippen LogP contribution in [-0.2, 0) is 6.54 Å². The molecule has 2 N–H and O–H groups in total. The van der Waals surface area contributed by atoms with E-state index in [1.54, 1.807) is 14.0 Å². The zero-order valence-corrected chi connectivity index (χ0v) is 12.6. The third-order valence-corrected chi connectivity index (χ3v) is 3.70. The van der Waals surface area contributed by atoms with Crippen molar-refractivity contribution in [2.24, 2.45) is 0 Å². The largest absolute Gasteiger partial charge is 0.493 e. The van der Waals surface area contributed by atoms with Gasteiger partial charge in [0.2, 0.25) is 0 Å². The van der Waals surface area contributed by atoms with Crippen molar-refractivity contribution in [3.8, 4) is 11.5 Å². The minimum Gasteiger partial charge on any atom is -0.493 e.